The zero-order valence-corrected chi connectivity index (χ0v) is 11.9. The summed E-state index contributed by atoms with van der Waals surface area (Å²) in [6.45, 7) is 8.94. The molecule has 0 aromatic carbocycles. The van der Waals surface area contributed by atoms with Crippen molar-refractivity contribution in [1.82, 2.24) is 14.8 Å². The van der Waals surface area contributed by atoms with Gasteiger partial charge in [-0.3, -0.25) is 9.80 Å². The van der Waals surface area contributed by atoms with Gasteiger partial charge < -0.3 is 5.32 Å². The zero-order chi connectivity index (χ0) is 13.2. The topological polar surface area (TPSA) is 31.4 Å². The largest absolute Gasteiger partial charge is 0.373 e. The molecule has 18 heavy (non-hydrogen) atoms. The molecular formula is C14H24N4. The number of hydrogen-bond donors (Lipinski definition) is 1. The number of nitrogens with zero attached hydrogens (tertiary/aromatic N) is 3. The fraction of sp³-hybridized carbons (Fsp3) is 0.643. The van der Waals surface area contributed by atoms with Crippen LogP contribution in [0.2, 0.25) is 0 Å². The monoisotopic (exact) mass is 248 g/mol. The number of piperazine rings is 1. The number of aromatic nitrogens is 1. The highest BCUT2D eigenvalue weighted by atomic mass is 15.3. The van der Waals surface area contributed by atoms with Crippen LogP contribution in [0.1, 0.15) is 19.4 Å². The number of nitrogens with one attached hydrogen (secondary N) is 1. The van der Waals surface area contributed by atoms with Gasteiger partial charge in [-0.1, -0.05) is 6.07 Å². The van der Waals surface area contributed by atoms with Crippen molar-refractivity contribution in [3.63, 3.8) is 0 Å². The van der Waals surface area contributed by atoms with Gasteiger partial charge in [-0.15, -0.1) is 0 Å². The third-order valence-corrected chi connectivity index (χ3v) is 3.92. The van der Waals surface area contributed by atoms with Crippen LogP contribution in [-0.4, -0.2) is 54.1 Å². The molecule has 2 heterocycles. The lowest BCUT2D eigenvalue weighted by molar-refractivity contribution is 0.0360. The van der Waals surface area contributed by atoms with Gasteiger partial charge in [-0.2, -0.15) is 0 Å². The summed E-state index contributed by atoms with van der Waals surface area (Å²) in [5, 5.41) is 3.17. The van der Waals surface area contributed by atoms with E-state index in [1.54, 1.807) is 0 Å². The quantitative estimate of drug-likeness (QED) is 0.881. The van der Waals surface area contributed by atoms with E-state index in [2.05, 4.69) is 47.1 Å². The van der Waals surface area contributed by atoms with E-state index in [0.29, 0.717) is 0 Å². The van der Waals surface area contributed by atoms with E-state index in [0.717, 1.165) is 32.0 Å². The Balaban J connectivity index is 2.06. The summed E-state index contributed by atoms with van der Waals surface area (Å²) >= 11 is 0. The fourth-order valence-corrected chi connectivity index (χ4v) is 2.51. The SMILES string of the molecule is CNc1ncccc1CN1CCN(C)C(C)(C)C1. The Labute approximate surface area is 110 Å². The van der Waals surface area contributed by atoms with Gasteiger partial charge >= 0.3 is 0 Å². The van der Waals surface area contributed by atoms with Crippen LogP contribution in [0.3, 0.4) is 0 Å². The molecule has 0 bridgehead atoms. The van der Waals surface area contributed by atoms with Gasteiger partial charge in [0.2, 0.25) is 0 Å². The summed E-state index contributed by atoms with van der Waals surface area (Å²) in [5.74, 6) is 0.995. The number of likely N-dealkylation sites (N-methyl/N-ethyl adjacent to an activating group) is 1. The van der Waals surface area contributed by atoms with Crippen molar-refractivity contribution in [2.75, 3.05) is 39.0 Å². The summed E-state index contributed by atoms with van der Waals surface area (Å²) in [6.07, 6.45) is 1.84. The Morgan fingerprint density at radius 2 is 2.17 bits per heavy atom. The van der Waals surface area contributed by atoms with Crippen LogP contribution in [0.5, 0.6) is 0 Å². The molecule has 4 heteroatoms. The molecule has 0 spiro atoms. The fourth-order valence-electron chi connectivity index (χ4n) is 2.51. The van der Waals surface area contributed by atoms with Gasteiger partial charge in [0.15, 0.2) is 0 Å². The molecule has 0 saturated carbocycles. The summed E-state index contributed by atoms with van der Waals surface area (Å²) in [5.41, 5.74) is 1.53. The van der Waals surface area contributed by atoms with Crippen LogP contribution >= 0.6 is 0 Å². The second kappa shape index (κ2) is 5.24. The molecule has 1 aliphatic rings. The average Bonchev–Trinajstić information content (AvgIpc) is 2.34. The van der Waals surface area contributed by atoms with Gasteiger partial charge in [0.05, 0.1) is 0 Å². The molecule has 1 saturated heterocycles. The second-order valence-electron chi connectivity index (χ2n) is 5.71. The molecule has 100 valence electrons. The van der Waals surface area contributed by atoms with E-state index >= 15 is 0 Å². The van der Waals surface area contributed by atoms with Crippen molar-refractivity contribution in [3.05, 3.63) is 23.9 Å². The number of rotatable bonds is 3. The Hall–Kier alpha value is -1.13. The highest BCUT2D eigenvalue weighted by molar-refractivity contribution is 5.42. The van der Waals surface area contributed by atoms with E-state index in [4.69, 9.17) is 0 Å². The highest BCUT2D eigenvalue weighted by Crippen LogP contribution is 2.22. The molecule has 1 fully saturated rings. The van der Waals surface area contributed by atoms with E-state index in [1.165, 1.54) is 5.56 Å². The smallest absolute Gasteiger partial charge is 0.130 e. The Morgan fingerprint density at radius 3 is 2.83 bits per heavy atom. The van der Waals surface area contributed by atoms with E-state index < -0.39 is 0 Å². The second-order valence-corrected chi connectivity index (χ2v) is 5.71. The molecule has 2 rings (SSSR count). The van der Waals surface area contributed by atoms with Gasteiger partial charge in [-0.05, 0) is 27.0 Å². The normalized spacial score (nSPS) is 20.9. The number of pyridine rings is 1. The van der Waals surface area contributed by atoms with E-state index in [9.17, 15) is 0 Å². The third-order valence-electron chi connectivity index (χ3n) is 3.92. The van der Waals surface area contributed by atoms with E-state index in [1.807, 2.05) is 19.3 Å². The minimum Gasteiger partial charge on any atom is -0.373 e. The first-order valence-electron chi connectivity index (χ1n) is 6.58. The first kappa shape index (κ1) is 13.3. The van der Waals surface area contributed by atoms with Gasteiger partial charge in [0.25, 0.3) is 0 Å². The Kier molecular flexibility index (Phi) is 3.88. The number of hydrogen-bond acceptors (Lipinski definition) is 4. The standard InChI is InChI=1S/C14H24N4/c1-14(2)11-18(9-8-17(14)4)10-12-6-5-7-16-13(12)15-3/h5-7H,8-11H2,1-4H3,(H,15,16). The molecule has 1 aliphatic heterocycles. The van der Waals surface area contributed by atoms with Crippen LogP contribution < -0.4 is 5.32 Å². The van der Waals surface area contributed by atoms with Crippen molar-refractivity contribution < 1.29 is 0 Å². The Morgan fingerprint density at radius 1 is 1.39 bits per heavy atom. The van der Waals surface area contributed by atoms with Crippen LogP contribution in [0, 0.1) is 0 Å². The molecule has 4 nitrogen and oxygen atoms in total. The van der Waals surface area contributed by atoms with Crippen LogP contribution in [0.15, 0.2) is 18.3 Å². The molecule has 0 atom stereocenters. The minimum absolute atomic E-state index is 0.250. The lowest BCUT2D eigenvalue weighted by Crippen LogP contribution is -2.57. The molecule has 1 aromatic heterocycles. The Bertz CT molecular complexity index is 403. The van der Waals surface area contributed by atoms with Gasteiger partial charge in [0, 0.05) is 50.5 Å². The third kappa shape index (κ3) is 2.82. The minimum atomic E-state index is 0.250. The van der Waals surface area contributed by atoms with Crippen LogP contribution in [0.4, 0.5) is 5.82 Å². The van der Waals surface area contributed by atoms with Crippen molar-refractivity contribution >= 4 is 5.82 Å². The lowest BCUT2D eigenvalue weighted by atomic mass is 9.99. The molecule has 0 radical (unpaired) electrons. The van der Waals surface area contributed by atoms with Crippen LogP contribution in [-0.2, 0) is 6.54 Å². The van der Waals surface area contributed by atoms with Gasteiger partial charge in [0.1, 0.15) is 5.82 Å². The number of anilines is 1. The maximum atomic E-state index is 4.37. The predicted octanol–water partition coefficient (Wildman–Crippen LogP) is 1.65. The summed E-state index contributed by atoms with van der Waals surface area (Å²) in [7, 11) is 4.14. The van der Waals surface area contributed by atoms with E-state index in [-0.39, 0.29) is 5.54 Å². The summed E-state index contributed by atoms with van der Waals surface area (Å²) in [4.78, 5) is 9.31. The molecule has 0 aliphatic carbocycles. The van der Waals surface area contributed by atoms with Gasteiger partial charge in [-0.25, -0.2) is 4.98 Å². The predicted molar refractivity (Wildman–Crippen MR) is 75.8 cm³/mol. The van der Waals surface area contributed by atoms with Crippen molar-refractivity contribution in [1.29, 1.82) is 0 Å². The molecular weight excluding hydrogens is 224 g/mol. The van der Waals surface area contributed by atoms with Crippen molar-refractivity contribution in [3.8, 4) is 0 Å². The van der Waals surface area contributed by atoms with Crippen molar-refractivity contribution in [2.45, 2.75) is 25.9 Å². The molecule has 1 aromatic rings. The lowest BCUT2D eigenvalue weighted by Gasteiger charge is -2.45. The maximum absolute atomic E-state index is 4.37. The maximum Gasteiger partial charge on any atom is 0.130 e. The van der Waals surface area contributed by atoms with Crippen molar-refractivity contribution in [2.24, 2.45) is 0 Å². The average molecular weight is 248 g/mol. The molecule has 0 unspecified atom stereocenters. The zero-order valence-electron chi connectivity index (χ0n) is 11.9. The highest BCUT2D eigenvalue weighted by Gasteiger charge is 2.30. The van der Waals surface area contributed by atoms with Crippen LogP contribution in [0.25, 0.3) is 0 Å². The first-order valence-corrected chi connectivity index (χ1v) is 6.58. The molecule has 1 N–H and O–H groups in total. The summed E-state index contributed by atoms with van der Waals surface area (Å²) < 4.78 is 0. The first-order chi connectivity index (χ1) is 8.53. The summed E-state index contributed by atoms with van der Waals surface area (Å²) in [6, 6.07) is 4.17. The molecule has 0 amide bonds.